The third-order valence-electron chi connectivity index (χ3n) is 2.42. The molecule has 0 aliphatic rings. The summed E-state index contributed by atoms with van der Waals surface area (Å²) in [5.74, 6) is -0.446. The lowest BCUT2D eigenvalue weighted by molar-refractivity contribution is 0.111. The molecular weight excluding hydrogens is 219 g/mol. The number of rotatable bonds is 3. The van der Waals surface area contributed by atoms with E-state index in [0.717, 1.165) is 6.29 Å². The molecule has 0 saturated heterocycles. The Balaban J connectivity index is 2.33. The molecular formula is C13H9FN2O. The monoisotopic (exact) mass is 228 g/mol. The van der Waals surface area contributed by atoms with Crippen molar-refractivity contribution in [3.8, 4) is 6.07 Å². The van der Waals surface area contributed by atoms with Gasteiger partial charge < -0.3 is 4.57 Å². The van der Waals surface area contributed by atoms with Crippen LogP contribution in [0.5, 0.6) is 0 Å². The molecule has 0 fully saturated rings. The lowest BCUT2D eigenvalue weighted by Crippen LogP contribution is -2.03. The van der Waals surface area contributed by atoms with Gasteiger partial charge in [-0.2, -0.15) is 5.26 Å². The second-order valence-electron chi connectivity index (χ2n) is 3.64. The van der Waals surface area contributed by atoms with Crippen molar-refractivity contribution in [3.63, 3.8) is 0 Å². The van der Waals surface area contributed by atoms with Gasteiger partial charge in [-0.15, -0.1) is 0 Å². The molecule has 17 heavy (non-hydrogen) atoms. The van der Waals surface area contributed by atoms with Crippen molar-refractivity contribution in [1.82, 2.24) is 4.57 Å². The van der Waals surface area contributed by atoms with Crippen LogP contribution >= 0.6 is 0 Å². The average molecular weight is 228 g/mol. The van der Waals surface area contributed by atoms with Crippen LogP contribution in [-0.4, -0.2) is 10.9 Å². The van der Waals surface area contributed by atoms with Gasteiger partial charge in [-0.3, -0.25) is 4.79 Å². The molecule has 2 aromatic rings. The summed E-state index contributed by atoms with van der Waals surface area (Å²) in [6.07, 6.45) is 2.48. The maximum Gasteiger partial charge on any atom is 0.166 e. The predicted molar refractivity (Wildman–Crippen MR) is 60.0 cm³/mol. The van der Waals surface area contributed by atoms with E-state index in [9.17, 15) is 9.18 Å². The average Bonchev–Trinajstić information content (AvgIpc) is 2.75. The van der Waals surface area contributed by atoms with Crippen LogP contribution in [0.4, 0.5) is 4.39 Å². The van der Waals surface area contributed by atoms with Gasteiger partial charge in [0.25, 0.3) is 0 Å². The van der Waals surface area contributed by atoms with Crippen LogP contribution in [-0.2, 0) is 6.54 Å². The second kappa shape index (κ2) is 4.62. The standard InChI is InChI=1S/C13H9FN2O/c14-12-5-10(7-15)4-11(6-12)8-16-3-1-2-13(16)9-17/h1-6,9H,8H2. The van der Waals surface area contributed by atoms with Crippen molar-refractivity contribution < 1.29 is 9.18 Å². The molecule has 3 nitrogen and oxygen atoms in total. The van der Waals surface area contributed by atoms with Crippen molar-refractivity contribution in [2.75, 3.05) is 0 Å². The Morgan fingerprint density at radius 3 is 2.94 bits per heavy atom. The highest BCUT2D eigenvalue weighted by Gasteiger charge is 2.04. The second-order valence-corrected chi connectivity index (χ2v) is 3.64. The molecule has 84 valence electrons. The van der Waals surface area contributed by atoms with Gasteiger partial charge in [0.2, 0.25) is 0 Å². The largest absolute Gasteiger partial charge is 0.341 e. The first-order valence-electron chi connectivity index (χ1n) is 5.03. The third kappa shape index (κ3) is 2.40. The van der Waals surface area contributed by atoms with Crippen LogP contribution in [0.15, 0.2) is 36.5 Å². The topological polar surface area (TPSA) is 45.8 Å². The van der Waals surface area contributed by atoms with Gasteiger partial charge in [0, 0.05) is 12.7 Å². The van der Waals surface area contributed by atoms with Crippen LogP contribution in [0.25, 0.3) is 0 Å². The number of halogens is 1. The summed E-state index contributed by atoms with van der Waals surface area (Å²) in [6.45, 7) is 0.369. The number of nitrogens with zero attached hydrogens (tertiary/aromatic N) is 2. The van der Waals surface area contributed by atoms with E-state index in [1.165, 1.54) is 12.1 Å². The molecule has 0 unspecified atom stereocenters. The minimum atomic E-state index is -0.446. The van der Waals surface area contributed by atoms with Crippen LogP contribution < -0.4 is 0 Å². The maximum atomic E-state index is 13.2. The minimum Gasteiger partial charge on any atom is -0.341 e. The molecule has 0 N–H and O–H groups in total. The molecule has 2 rings (SSSR count). The fourth-order valence-corrected chi connectivity index (χ4v) is 1.68. The summed E-state index contributed by atoms with van der Waals surface area (Å²) < 4.78 is 14.9. The molecule has 0 atom stereocenters. The molecule has 1 aromatic carbocycles. The first-order chi connectivity index (χ1) is 8.22. The lowest BCUT2D eigenvalue weighted by atomic mass is 10.1. The van der Waals surface area contributed by atoms with Gasteiger partial charge >= 0.3 is 0 Å². The van der Waals surface area contributed by atoms with E-state index in [-0.39, 0.29) is 5.56 Å². The SMILES string of the molecule is N#Cc1cc(F)cc(Cn2cccc2C=O)c1. The Hall–Kier alpha value is -2.41. The number of nitriles is 1. The number of hydrogen-bond donors (Lipinski definition) is 0. The zero-order valence-electron chi connectivity index (χ0n) is 8.93. The Morgan fingerprint density at radius 1 is 1.41 bits per heavy atom. The van der Waals surface area contributed by atoms with E-state index in [4.69, 9.17) is 5.26 Å². The zero-order chi connectivity index (χ0) is 12.3. The molecule has 0 radical (unpaired) electrons. The van der Waals surface area contributed by atoms with Crippen molar-refractivity contribution >= 4 is 6.29 Å². The van der Waals surface area contributed by atoms with E-state index < -0.39 is 5.82 Å². The number of aromatic nitrogens is 1. The Morgan fingerprint density at radius 2 is 2.24 bits per heavy atom. The first-order valence-corrected chi connectivity index (χ1v) is 5.03. The fourth-order valence-electron chi connectivity index (χ4n) is 1.68. The first kappa shape index (κ1) is 11.1. The van der Waals surface area contributed by atoms with Gasteiger partial charge in [0.15, 0.2) is 6.29 Å². The Kier molecular flexibility index (Phi) is 3.01. The number of hydrogen-bond acceptors (Lipinski definition) is 2. The maximum absolute atomic E-state index is 13.2. The summed E-state index contributed by atoms with van der Waals surface area (Å²) in [5.41, 5.74) is 1.45. The van der Waals surface area contributed by atoms with E-state index in [0.29, 0.717) is 17.8 Å². The van der Waals surface area contributed by atoms with Gasteiger partial charge in [0.1, 0.15) is 5.82 Å². The van der Waals surface area contributed by atoms with Crippen molar-refractivity contribution in [2.24, 2.45) is 0 Å². The van der Waals surface area contributed by atoms with Gasteiger partial charge in [-0.1, -0.05) is 0 Å². The van der Waals surface area contributed by atoms with E-state index >= 15 is 0 Å². The van der Waals surface area contributed by atoms with Gasteiger partial charge in [-0.05, 0) is 35.9 Å². The molecule has 0 spiro atoms. The van der Waals surface area contributed by atoms with Crippen LogP contribution in [0.1, 0.15) is 21.6 Å². The van der Waals surface area contributed by atoms with Gasteiger partial charge in [-0.25, -0.2) is 4.39 Å². The summed E-state index contributed by atoms with van der Waals surface area (Å²) in [4.78, 5) is 10.7. The highest BCUT2D eigenvalue weighted by molar-refractivity contribution is 5.72. The highest BCUT2D eigenvalue weighted by Crippen LogP contribution is 2.11. The summed E-state index contributed by atoms with van der Waals surface area (Å²) in [6, 6.07) is 9.47. The number of carbonyl (C=O) groups excluding carboxylic acids is 1. The number of benzene rings is 1. The normalized spacial score (nSPS) is 9.88. The summed E-state index contributed by atoms with van der Waals surface area (Å²) in [5, 5.41) is 8.73. The van der Waals surface area contributed by atoms with E-state index in [1.54, 1.807) is 29.0 Å². The van der Waals surface area contributed by atoms with Gasteiger partial charge in [0.05, 0.1) is 17.3 Å². The predicted octanol–water partition coefficient (Wildman–Crippen LogP) is 2.36. The molecule has 1 aromatic heterocycles. The molecule has 0 aliphatic carbocycles. The van der Waals surface area contributed by atoms with E-state index in [2.05, 4.69) is 0 Å². The molecule has 0 saturated carbocycles. The lowest BCUT2D eigenvalue weighted by Gasteiger charge is -2.06. The molecule has 0 bridgehead atoms. The molecule has 0 aliphatic heterocycles. The molecule has 0 amide bonds. The fraction of sp³-hybridized carbons (Fsp3) is 0.0769. The smallest absolute Gasteiger partial charge is 0.166 e. The van der Waals surface area contributed by atoms with E-state index in [1.807, 2.05) is 6.07 Å². The third-order valence-corrected chi connectivity index (χ3v) is 2.42. The summed E-state index contributed by atoms with van der Waals surface area (Å²) in [7, 11) is 0. The minimum absolute atomic E-state index is 0.278. The number of carbonyl (C=O) groups is 1. The van der Waals surface area contributed by atoms with Crippen molar-refractivity contribution in [2.45, 2.75) is 6.54 Å². The van der Waals surface area contributed by atoms with Crippen LogP contribution in [0.2, 0.25) is 0 Å². The van der Waals surface area contributed by atoms with Crippen LogP contribution in [0, 0.1) is 17.1 Å². The Labute approximate surface area is 97.7 Å². The highest BCUT2D eigenvalue weighted by atomic mass is 19.1. The van der Waals surface area contributed by atoms with Crippen molar-refractivity contribution in [1.29, 1.82) is 5.26 Å². The summed E-state index contributed by atoms with van der Waals surface area (Å²) >= 11 is 0. The quantitative estimate of drug-likeness (QED) is 0.757. The van der Waals surface area contributed by atoms with Crippen LogP contribution in [0.3, 0.4) is 0 Å². The zero-order valence-corrected chi connectivity index (χ0v) is 8.93. The Bertz CT molecular complexity index is 596. The number of aldehydes is 1. The van der Waals surface area contributed by atoms with Crippen molar-refractivity contribution in [3.05, 3.63) is 59.2 Å². The molecule has 4 heteroatoms. The molecule has 1 heterocycles.